The minimum absolute atomic E-state index is 0.175. The highest BCUT2D eigenvalue weighted by molar-refractivity contribution is 9.10. The highest BCUT2D eigenvalue weighted by Gasteiger charge is 2.02. The van der Waals surface area contributed by atoms with E-state index in [-0.39, 0.29) is 5.78 Å². The van der Waals surface area contributed by atoms with Gasteiger partial charge in [0.25, 0.3) is 0 Å². The van der Waals surface area contributed by atoms with Gasteiger partial charge in [-0.1, -0.05) is 5.57 Å². The molecule has 1 heterocycles. The first-order chi connectivity index (χ1) is 6.08. The molecule has 1 aromatic heterocycles. The van der Waals surface area contributed by atoms with Gasteiger partial charge in [0.1, 0.15) is 0 Å². The summed E-state index contributed by atoms with van der Waals surface area (Å²) in [6, 6.07) is 1.99. The summed E-state index contributed by atoms with van der Waals surface area (Å²) in [6.07, 6.45) is 2.20. The zero-order valence-electron chi connectivity index (χ0n) is 7.63. The Balaban J connectivity index is 2.60. The predicted molar refractivity (Wildman–Crippen MR) is 60.2 cm³/mol. The fraction of sp³-hybridized carbons (Fsp3) is 0.300. The Morgan fingerprint density at radius 1 is 1.62 bits per heavy atom. The van der Waals surface area contributed by atoms with Crippen molar-refractivity contribution in [2.45, 2.75) is 20.3 Å². The maximum Gasteiger partial charge on any atom is 0.160 e. The first-order valence-corrected chi connectivity index (χ1v) is 5.66. The van der Waals surface area contributed by atoms with Gasteiger partial charge in [0.15, 0.2) is 5.78 Å². The molecule has 0 atom stereocenters. The summed E-state index contributed by atoms with van der Waals surface area (Å²) in [6.45, 7) is 3.87. The summed E-state index contributed by atoms with van der Waals surface area (Å²) in [7, 11) is 0. The van der Waals surface area contributed by atoms with Gasteiger partial charge in [-0.15, -0.1) is 11.3 Å². The lowest BCUT2D eigenvalue weighted by molar-refractivity contribution is -0.114. The summed E-state index contributed by atoms with van der Waals surface area (Å²) in [4.78, 5) is 12.5. The van der Waals surface area contributed by atoms with Crippen LogP contribution in [0.1, 0.15) is 18.7 Å². The smallest absolute Gasteiger partial charge is 0.160 e. The average Bonchev–Trinajstić information content (AvgIpc) is 2.33. The maximum absolute atomic E-state index is 11.3. The van der Waals surface area contributed by atoms with Gasteiger partial charge in [-0.05, 0) is 41.9 Å². The van der Waals surface area contributed by atoms with E-state index < -0.39 is 0 Å². The molecule has 0 aromatic carbocycles. The minimum Gasteiger partial charge on any atom is -0.294 e. The summed E-state index contributed by atoms with van der Waals surface area (Å²) < 4.78 is 1.05. The number of carbonyl (C=O) groups is 1. The molecule has 0 aliphatic carbocycles. The van der Waals surface area contributed by atoms with E-state index in [4.69, 9.17) is 0 Å². The van der Waals surface area contributed by atoms with Crippen LogP contribution in [-0.2, 0) is 11.2 Å². The largest absolute Gasteiger partial charge is 0.294 e. The van der Waals surface area contributed by atoms with Gasteiger partial charge >= 0.3 is 0 Å². The molecule has 0 spiro atoms. The molecule has 1 aromatic rings. The molecule has 0 amide bonds. The van der Waals surface area contributed by atoms with Crippen LogP contribution in [0.4, 0.5) is 0 Å². The second-order valence-corrected chi connectivity index (χ2v) is 5.01. The fourth-order valence-electron chi connectivity index (χ4n) is 0.991. The van der Waals surface area contributed by atoms with Gasteiger partial charge in [0.05, 0.1) is 0 Å². The van der Waals surface area contributed by atoms with Crippen molar-refractivity contribution in [2.24, 2.45) is 0 Å². The predicted octanol–water partition coefficient (Wildman–Crippen LogP) is 3.59. The Kier molecular flexibility index (Phi) is 3.88. The number of hydrogen-bond acceptors (Lipinski definition) is 2. The van der Waals surface area contributed by atoms with E-state index in [2.05, 4.69) is 15.9 Å². The first kappa shape index (κ1) is 10.7. The third kappa shape index (κ3) is 3.87. The molecule has 3 heteroatoms. The van der Waals surface area contributed by atoms with E-state index in [1.165, 1.54) is 0 Å². The van der Waals surface area contributed by atoms with E-state index in [1.54, 1.807) is 17.4 Å². The van der Waals surface area contributed by atoms with Crippen molar-refractivity contribution >= 4 is 33.0 Å². The molecule has 0 radical (unpaired) electrons. The maximum atomic E-state index is 11.3. The standard InChI is InChI=1S/C10H11BrOS/c1-7(2)3-9(12)5-10-4-8(11)6-13-10/h3-4,6H,5H2,1-2H3. The molecule has 0 unspecified atom stereocenters. The van der Waals surface area contributed by atoms with E-state index in [1.807, 2.05) is 25.3 Å². The zero-order valence-corrected chi connectivity index (χ0v) is 10.0. The van der Waals surface area contributed by atoms with E-state index in [9.17, 15) is 4.79 Å². The van der Waals surface area contributed by atoms with E-state index in [0.717, 1.165) is 14.9 Å². The molecule has 0 bridgehead atoms. The first-order valence-electron chi connectivity index (χ1n) is 3.98. The number of ketones is 1. The van der Waals surface area contributed by atoms with Gasteiger partial charge in [0.2, 0.25) is 0 Å². The highest BCUT2D eigenvalue weighted by Crippen LogP contribution is 2.20. The van der Waals surface area contributed by atoms with Crippen molar-refractivity contribution in [1.29, 1.82) is 0 Å². The van der Waals surface area contributed by atoms with Crippen LogP contribution in [0.25, 0.3) is 0 Å². The molecule has 0 saturated carbocycles. The van der Waals surface area contributed by atoms with Gasteiger partial charge < -0.3 is 0 Å². The van der Waals surface area contributed by atoms with Crippen LogP contribution < -0.4 is 0 Å². The third-order valence-electron chi connectivity index (χ3n) is 1.42. The third-order valence-corrected chi connectivity index (χ3v) is 3.12. The molecular weight excluding hydrogens is 248 g/mol. The average molecular weight is 259 g/mol. The summed E-state index contributed by atoms with van der Waals surface area (Å²) in [5.41, 5.74) is 1.06. The lowest BCUT2D eigenvalue weighted by Gasteiger charge is -1.92. The number of allylic oxidation sites excluding steroid dienone is 2. The molecule has 0 aliphatic heterocycles. The minimum atomic E-state index is 0.175. The monoisotopic (exact) mass is 258 g/mol. The normalized spacial score (nSPS) is 9.77. The quantitative estimate of drug-likeness (QED) is 0.758. The molecule has 0 aliphatic rings. The Morgan fingerprint density at radius 3 is 2.77 bits per heavy atom. The van der Waals surface area contributed by atoms with Crippen molar-refractivity contribution in [3.05, 3.63) is 32.4 Å². The van der Waals surface area contributed by atoms with Gasteiger partial charge in [-0.25, -0.2) is 0 Å². The van der Waals surface area contributed by atoms with Crippen LogP contribution in [0, 0.1) is 0 Å². The molecule has 0 fully saturated rings. The topological polar surface area (TPSA) is 17.1 Å². The molecule has 1 nitrogen and oxygen atoms in total. The Hall–Kier alpha value is -0.410. The summed E-state index contributed by atoms with van der Waals surface area (Å²) in [5, 5.41) is 1.99. The van der Waals surface area contributed by atoms with Crippen LogP contribution in [0.2, 0.25) is 0 Å². The van der Waals surface area contributed by atoms with Crippen LogP contribution in [0.15, 0.2) is 27.6 Å². The van der Waals surface area contributed by atoms with Crippen LogP contribution >= 0.6 is 27.3 Å². The van der Waals surface area contributed by atoms with E-state index >= 15 is 0 Å². The number of thiophene rings is 1. The van der Waals surface area contributed by atoms with Crippen LogP contribution in [-0.4, -0.2) is 5.78 Å². The molecule has 0 N–H and O–H groups in total. The van der Waals surface area contributed by atoms with Crippen molar-refractivity contribution in [2.75, 3.05) is 0 Å². The highest BCUT2D eigenvalue weighted by atomic mass is 79.9. The second-order valence-electron chi connectivity index (χ2n) is 3.10. The van der Waals surface area contributed by atoms with Crippen LogP contribution in [0.3, 0.4) is 0 Å². The van der Waals surface area contributed by atoms with Gasteiger partial charge in [-0.3, -0.25) is 4.79 Å². The molecule has 1 rings (SSSR count). The zero-order chi connectivity index (χ0) is 9.84. The van der Waals surface area contributed by atoms with Crippen LogP contribution in [0.5, 0.6) is 0 Å². The van der Waals surface area contributed by atoms with Gasteiger partial charge in [-0.2, -0.15) is 0 Å². The molecule has 0 saturated heterocycles. The number of carbonyl (C=O) groups excluding carboxylic acids is 1. The Morgan fingerprint density at radius 2 is 2.31 bits per heavy atom. The van der Waals surface area contributed by atoms with E-state index in [0.29, 0.717) is 6.42 Å². The lowest BCUT2D eigenvalue weighted by Crippen LogP contribution is -1.96. The summed E-state index contributed by atoms with van der Waals surface area (Å²) in [5.74, 6) is 0.175. The fourth-order valence-corrected chi connectivity index (χ4v) is 2.45. The lowest BCUT2D eigenvalue weighted by atomic mass is 10.2. The molecular formula is C10H11BrOS. The SMILES string of the molecule is CC(C)=CC(=O)Cc1cc(Br)cs1. The van der Waals surface area contributed by atoms with Crippen molar-refractivity contribution in [3.63, 3.8) is 0 Å². The van der Waals surface area contributed by atoms with Crippen molar-refractivity contribution in [1.82, 2.24) is 0 Å². The number of halogens is 1. The Labute approximate surface area is 90.6 Å². The Bertz CT molecular complexity index is 334. The van der Waals surface area contributed by atoms with Crippen molar-refractivity contribution < 1.29 is 4.79 Å². The summed E-state index contributed by atoms with van der Waals surface area (Å²) >= 11 is 4.96. The molecule has 70 valence electrons. The van der Waals surface area contributed by atoms with Gasteiger partial charge in [0, 0.05) is 21.2 Å². The second kappa shape index (κ2) is 4.72. The van der Waals surface area contributed by atoms with Crippen molar-refractivity contribution in [3.8, 4) is 0 Å². The molecule has 13 heavy (non-hydrogen) atoms. The number of hydrogen-bond donors (Lipinski definition) is 0. The number of rotatable bonds is 3.